The molecule has 1 aromatic rings. The molecule has 76 valence electrons. The van der Waals surface area contributed by atoms with Gasteiger partial charge in [0.05, 0.1) is 6.26 Å². The van der Waals surface area contributed by atoms with Crippen molar-refractivity contribution >= 4 is 6.08 Å². The third kappa shape index (κ3) is 4.10. The van der Waals surface area contributed by atoms with Crippen LogP contribution in [0.1, 0.15) is 19.4 Å². The summed E-state index contributed by atoms with van der Waals surface area (Å²) in [4.78, 5) is 0. The molecule has 0 aromatic heterocycles. The molecule has 2 nitrogen and oxygen atoms in total. The lowest BCUT2D eigenvalue weighted by molar-refractivity contribution is -0.0874. The largest absolute Gasteiger partial charge is 0.473 e. The third-order valence-electron chi connectivity index (χ3n) is 1.73. The van der Waals surface area contributed by atoms with Gasteiger partial charge in [0.2, 0.25) is 0 Å². The molecule has 0 aliphatic carbocycles. The van der Waals surface area contributed by atoms with Gasteiger partial charge >= 0.3 is 0 Å². The highest BCUT2D eigenvalue weighted by Gasteiger charge is 1.95. The van der Waals surface area contributed by atoms with E-state index in [4.69, 9.17) is 9.47 Å². The summed E-state index contributed by atoms with van der Waals surface area (Å²) in [7, 11) is 0. The van der Waals surface area contributed by atoms with Crippen LogP contribution in [-0.4, -0.2) is 12.9 Å². The van der Waals surface area contributed by atoms with Crippen LogP contribution in [0.4, 0.5) is 0 Å². The van der Waals surface area contributed by atoms with Crippen LogP contribution >= 0.6 is 0 Å². The highest BCUT2D eigenvalue weighted by molar-refractivity contribution is 5.47. The van der Waals surface area contributed by atoms with Gasteiger partial charge in [-0.3, -0.25) is 0 Å². The van der Waals surface area contributed by atoms with Gasteiger partial charge in [-0.05, 0) is 25.5 Å². The van der Waals surface area contributed by atoms with Crippen molar-refractivity contribution in [3.8, 4) is 0 Å². The van der Waals surface area contributed by atoms with Crippen molar-refractivity contribution in [1.29, 1.82) is 0 Å². The number of rotatable bonds is 5. The fourth-order valence-corrected chi connectivity index (χ4v) is 1.07. The Labute approximate surface area is 85.2 Å². The van der Waals surface area contributed by atoms with Gasteiger partial charge in [-0.1, -0.05) is 30.3 Å². The van der Waals surface area contributed by atoms with Crippen LogP contribution in [0.2, 0.25) is 0 Å². The highest BCUT2D eigenvalue weighted by Crippen LogP contribution is 2.02. The van der Waals surface area contributed by atoms with E-state index >= 15 is 0 Å². The molecule has 0 bridgehead atoms. The van der Waals surface area contributed by atoms with Gasteiger partial charge in [-0.25, -0.2) is 0 Å². The average Bonchev–Trinajstić information content (AvgIpc) is 2.20. The van der Waals surface area contributed by atoms with Gasteiger partial charge in [-0.2, -0.15) is 0 Å². The lowest BCUT2D eigenvalue weighted by Gasteiger charge is -2.09. The van der Waals surface area contributed by atoms with Gasteiger partial charge in [-0.15, -0.1) is 0 Å². The zero-order valence-corrected chi connectivity index (χ0v) is 8.64. The van der Waals surface area contributed by atoms with Crippen LogP contribution in [0.3, 0.4) is 0 Å². The second-order valence-corrected chi connectivity index (χ2v) is 2.87. The zero-order chi connectivity index (χ0) is 10.2. The summed E-state index contributed by atoms with van der Waals surface area (Å²) < 4.78 is 10.5. The fraction of sp³-hybridized carbons (Fsp3) is 0.333. The van der Waals surface area contributed by atoms with Crippen molar-refractivity contribution in [1.82, 2.24) is 0 Å². The predicted octanol–water partition coefficient (Wildman–Crippen LogP) is 3.06. The van der Waals surface area contributed by atoms with E-state index in [1.165, 1.54) is 0 Å². The monoisotopic (exact) mass is 192 g/mol. The molecule has 1 unspecified atom stereocenters. The summed E-state index contributed by atoms with van der Waals surface area (Å²) in [5.41, 5.74) is 1.12. The molecule has 14 heavy (non-hydrogen) atoms. The van der Waals surface area contributed by atoms with E-state index < -0.39 is 0 Å². The summed E-state index contributed by atoms with van der Waals surface area (Å²) in [5.74, 6) is 0. The van der Waals surface area contributed by atoms with E-state index in [1.807, 2.05) is 50.3 Å². The summed E-state index contributed by atoms with van der Waals surface area (Å²) in [6, 6.07) is 10.0. The van der Waals surface area contributed by atoms with E-state index in [9.17, 15) is 0 Å². The normalized spacial score (nSPS) is 13.0. The second kappa shape index (κ2) is 6.22. The lowest BCUT2D eigenvalue weighted by Crippen LogP contribution is -2.08. The summed E-state index contributed by atoms with van der Waals surface area (Å²) in [5, 5.41) is 0. The first-order valence-corrected chi connectivity index (χ1v) is 4.81. The van der Waals surface area contributed by atoms with Crippen LogP contribution in [0, 0.1) is 0 Å². The van der Waals surface area contributed by atoms with E-state index in [1.54, 1.807) is 6.26 Å². The standard InChI is InChI=1S/C12H16O2/c1-3-13-11(2)14-10-9-12-7-5-4-6-8-12/h4-11H,3H2,1-2H3. The molecule has 2 heteroatoms. The minimum absolute atomic E-state index is 0.181. The Kier molecular flexibility index (Phi) is 4.79. The number of ether oxygens (including phenoxy) is 2. The molecule has 0 saturated heterocycles. The maximum absolute atomic E-state index is 5.28. The molecule has 0 aliphatic heterocycles. The van der Waals surface area contributed by atoms with E-state index in [-0.39, 0.29) is 6.29 Å². The average molecular weight is 192 g/mol. The summed E-state index contributed by atoms with van der Waals surface area (Å²) >= 11 is 0. The minimum Gasteiger partial charge on any atom is -0.473 e. The molecular formula is C12H16O2. The van der Waals surface area contributed by atoms with Crippen molar-refractivity contribution in [2.45, 2.75) is 20.1 Å². The zero-order valence-electron chi connectivity index (χ0n) is 8.64. The van der Waals surface area contributed by atoms with Crippen LogP contribution in [-0.2, 0) is 9.47 Å². The topological polar surface area (TPSA) is 18.5 Å². The molecule has 0 heterocycles. The molecule has 1 atom stereocenters. The summed E-state index contributed by atoms with van der Waals surface area (Å²) in [6.45, 7) is 4.49. The maximum atomic E-state index is 5.28. The van der Waals surface area contributed by atoms with Crippen LogP contribution < -0.4 is 0 Å². The molecule has 0 aliphatic rings. The smallest absolute Gasteiger partial charge is 0.196 e. The molecule has 0 radical (unpaired) electrons. The van der Waals surface area contributed by atoms with E-state index in [2.05, 4.69) is 0 Å². The molecule has 0 amide bonds. The quantitative estimate of drug-likeness (QED) is 0.527. The fourth-order valence-electron chi connectivity index (χ4n) is 1.07. The maximum Gasteiger partial charge on any atom is 0.196 e. The minimum atomic E-state index is -0.181. The Hall–Kier alpha value is -1.28. The second-order valence-electron chi connectivity index (χ2n) is 2.87. The first kappa shape index (κ1) is 10.8. The van der Waals surface area contributed by atoms with Crippen molar-refractivity contribution in [2.24, 2.45) is 0 Å². The molecule has 1 aromatic carbocycles. The van der Waals surface area contributed by atoms with Gasteiger partial charge < -0.3 is 9.47 Å². The molecular weight excluding hydrogens is 176 g/mol. The molecule has 0 N–H and O–H groups in total. The number of hydrogen-bond donors (Lipinski definition) is 0. The van der Waals surface area contributed by atoms with Crippen molar-refractivity contribution < 1.29 is 9.47 Å². The van der Waals surface area contributed by atoms with Gasteiger partial charge in [0.15, 0.2) is 6.29 Å². The Morgan fingerprint density at radius 1 is 1.29 bits per heavy atom. The van der Waals surface area contributed by atoms with Crippen molar-refractivity contribution in [3.05, 3.63) is 42.2 Å². The van der Waals surface area contributed by atoms with Crippen LogP contribution in [0.15, 0.2) is 36.6 Å². The van der Waals surface area contributed by atoms with Gasteiger partial charge in [0, 0.05) is 6.61 Å². The first-order valence-electron chi connectivity index (χ1n) is 4.81. The predicted molar refractivity (Wildman–Crippen MR) is 57.6 cm³/mol. The first-order chi connectivity index (χ1) is 6.83. The Morgan fingerprint density at radius 3 is 2.64 bits per heavy atom. The third-order valence-corrected chi connectivity index (χ3v) is 1.73. The van der Waals surface area contributed by atoms with Crippen molar-refractivity contribution in [2.75, 3.05) is 6.61 Å². The molecule has 0 spiro atoms. The van der Waals surface area contributed by atoms with Crippen molar-refractivity contribution in [3.63, 3.8) is 0 Å². The van der Waals surface area contributed by atoms with Gasteiger partial charge in [0.25, 0.3) is 0 Å². The highest BCUT2D eigenvalue weighted by atomic mass is 16.7. The van der Waals surface area contributed by atoms with Gasteiger partial charge in [0.1, 0.15) is 0 Å². The SMILES string of the molecule is CCOC(C)OC=Cc1ccccc1. The number of benzene rings is 1. The van der Waals surface area contributed by atoms with Crippen LogP contribution in [0.5, 0.6) is 0 Å². The van der Waals surface area contributed by atoms with E-state index in [0.29, 0.717) is 6.61 Å². The Bertz CT molecular complexity index is 267. The molecule has 0 fully saturated rings. The van der Waals surface area contributed by atoms with Crippen LogP contribution in [0.25, 0.3) is 6.08 Å². The Morgan fingerprint density at radius 2 is 2.00 bits per heavy atom. The molecule has 0 saturated carbocycles. The molecule has 1 rings (SSSR count). The number of hydrogen-bond acceptors (Lipinski definition) is 2. The lowest BCUT2D eigenvalue weighted by atomic mass is 10.2. The van der Waals surface area contributed by atoms with E-state index in [0.717, 1.165) is 5.56 Å². The summed E-state index contributed by atoms with van der Waals surface area (Å²) in [6.07, 6.45) is 3.39. The Balaban J connectivity index is 2.34.